The molecule has 0 fully saturated rings. The summed E-state index contributed by atoms with van der Waals surface area (Å²) in [6, 6.07) is 10.3. The topological polar surface area (TPSA) is 164 Å². The third-order valence-electron chi connectivity index (χ3n) is 4.80. The average Bonchev–Trinajstić information content (AvgIpc) is 3.15. The van der Waals surface area contributed by atoms with Crippen molar-refractivity contribution in [3.05, 3.63) is 52.4 Å². The van der Waals surface area contributed by atoms with E-state index in [4.69, 9.17) is 19.3 Å². The molecule has 34 heavy (non-hydrogen) atoms. The molecule has 0 amide bonds. The first-order chi connectivity index (χ1) is 16.3. The molecule has 0 aliphatic rings. The van der Waals surface area contributed by atoms with E-state index in [1.165, 1.54) is 14.2 Å². The van der Waals surface area contributed by atoms with Gasteiger partial charge < -0.3 is 19.2 Å². The first-order valence-corrected chi connectivity index (χ1v) is 11.8. The second kappa shape index (κ2) is 9.11. The van der Waals surface area contributed by atoms with Crippen LogP contribution in [0.1, 0.15) is 12.6 Å². The number of para-hydroxylation sites is 1. The van der Waals surface area contributed by atoms with Crippen molar-refractivity contribution in [1.82, 2.24) is 24.5 Å². The first-order valence-electron chi connectivity index (χ1n) is 10.1. The number of pyridine rings is 1. The van der Waals surface area contributed by atoms with Gasteiger partial charge in [0.25, 0.3) is 5.56 Å². The normalized spacial score (nSPS) is 11.5. The van der Waals surface area contributed by atoms with Crippen molar-refractivity contribution in [3.63, 3.8) is 0 Å². The van der Waals surface area contributed by atoms with E-state index in [1.807, 2.05) is 6.92 Å². The maximum Gasteiger partial charge on any atom is 0.272 e. The van der Waals surface area contributed by atoms with Crippen molar-refractivity contribution >= 4 is 21.3 Å². The van der Waals surface area contributed by atoms with Crippen molar-refractivity contribution in [1.29, 1.82) is 0 Å². The Morgan fingerprint density at radius 2 is 1.71 bits per heavy atom. The number of benzene rings is 1. The summed E-state index contributed by atoms with van der Waals surface area (Å²) >= 11 is 0. The molecule has 4 aromatic rings. The molecule has 0 saturated heterocycles. The van der Waals surface area contributed by atoms with Crippen molar-refractivity contribution < 1.29 is 22.6 Å². The molecule has 0 spiro atoms. The molecular weight excluding hydrogens is 464 g/mol. The van der Waals surface area contributed by atoms with E-state index < -0.39 is 21.3 Å². The molecule has 1 aromatic carbocycles. The number of ether oxygens (including phenoxy) is 3. The standard InChI is InChI=1S/C21H22N6O6S/c1-4-33-16-10-5-7-12(23-16)19-25-18-20(24-13(21(28)26-18)11-34(22,29)30)27(19)17-14(31-2)8-6-9-15(17)32-3/h5-10H,4,11H2,1-3H3,(H,26,28)(H2,22,29,30). The summed E-state index contributed by atoms with van der Waals surface area (Å²) in [4.78, 5) is 28.5. The molecule has 3 N–H and O–H groups in total. The quantitative estimate of drug-likeness (QED) is 0.374. The highest BCUT2D eigenvalue weighted by Gasteiger charge is 2.25. The number of imidazole rings is 1. The minimum absolute atomic E-state index is 0.106. The third-order valence-corrected chi connectivity index (χ3v) is 5.47. The lowest BCUT2D eigenvalue weighted by Gasteiger charge is -2.16. The Morgan fingerprint density at radius 3 is 2.32 bits per heavy atom. The fourth-order valence-corrected chi connectivity index (χ4v) is 4.03. The lowest BCUT2D eigenvalue weighted by Crippen LogP contribution is -2.23. The van der Waals surface area contributed by atoms with E-state index >= 15 is 0 Å². The number of methoxy groups -OCH3 is 2. The Morgan fingerprint density at radius 1 is 1.03 bits per heavy atom. The highest BCUT2D eigenvalue weighted by atomic mass is 32.2. The van der Waals surface area contributed by atoms with Crippen molar-refractivity contribution in [3.8, 4) is 34.6 Å². The summed E-state index contributed by atoms with van der Waals surface area (Å²) in [6.45, 7) is 2.25. The Kier molecular flexibility index (Phi) is 6.22. The van der Waals surface area contributed by atoms with Crippen LogP contribution in [0.4, 0.5) is 0 Å². The second-order valence-electron chi connectivity index (χ2n) is 7.07. The molecule has 12 nitrogen and oxygen atoms in total. The van der Waals surface area contributed by atoms with E-state index in [2.05, 4.69) is 19.9 Å². The number of primary sulfonamides is 1. The number of H-pyrrole nitrogens is 1. The number of hydrogen-bond donors (Lipinski definition) is 2. The zero-order valence-corrected chi connectivity index (χ0v) is 19.4. The number of sulfonamides is 1. The van der Waals surface area contributed by atoms with Gasteiger partial charge in [-0.1, -0.05) is 12.1 Å². The average molecular weight is 487 g/mol. The predicted molar refractivity (Wildman–Crippen MR) is 124 cm³/mol. The van der Waals surface area contributed by atoms with Crippen LogP contribution in [0.5, 0.6) is 17.4 Å². The molecule has 0 bridgehead atoms. The van der Waals surface area contributed by atoms with Crippen LogP contribution in [-0.4, -0.2) is 53.7 Å². The summed E-state index contributed by atoms with van der Waals surface area (Å²) in [7, 11) is -1.03. The number of hydrogen-bond acceptors (Lipinski definition) is 9. The van der Waals surface area contributed by atoms with E-state index in [1.54, 1.807) is 41.0 Å². The van der Waals surface area contributed by atoms with Crippen molar-refractivity contribution in [2.24, 2.45) is 5.14 Å². The molecule has 0 atom stereocenters. The summed E-state index contributed by atoms with van der Waals surface area (Å²) in [5, 5.41) is 5.16. The van der Waals surface area contributed by atoms with Gasteiger partial charge in [-0.25, -0.2) is 28.5 Å². The Hall–Kier alpha value is -3.97. The van der Waals surface area contributed by atoms with Crippen LogP contribution in [0.2, 0.25) is 0 Å². The Bertz CT molecular complexity index is 1510. The van der Waals surface area contributed by atoms with Crippen LogP contribution < -0.4 is 24.9 Å². The number of nitrogens with two attached hydrogens (primary N) is 1. The van der Waals surface area contributed by atoms with Gasteiger partial charge in [-0.15, -0.1) is 0 Å². The second-order valence-corrected chi connectivity index (χ2v) is 8.68. The van der Waals surface area contributed by atoms with Crippen LogP contribution in [0, 0.1) is 0 Å². The number of nitrogens with one attached hydrogen (secondary N) is 1. The van der Waals surface area contributed by atoms with E-state index in [-0.39, 0.29) is 22.8 Å². The van der Waals surface area contributed by atoms with Gasteiger partial charge in [-0.3, -0.25) is 9.36 Å². The van der Waals surface area contributed by atoms with Gasteiger partial charge in [0.05, 0.1) is 20.8 Å². The molecule has 0 aliphatic carbocycles. The number of aromatic amines is 1. The van der Waals surface area contributed by atoms with Crippen LogP contribution in [-0.2, 0) is 15.8 Å². The van der Waals surface area contributed by atoms with Gasteiger partial charge in [0.15, 0.2) is 17.1 Å². The van der Waals surface area contributed by atoms with E-state index in [0.717, 1.165) is 0 Å². The number of nitrogens with zero attached hydrogens (tertiary/aromatic N) is 4. The molecule has 0 aliphatic heterocycles. The molecule has 13 heteroatoms. The highest BCUT2D eigenvalue weighted by molar-refractivity contribution is 7.88. The molecule has 178 valence electrons. The van der Waals surface area contributed by atoms with Crippen LogP contribution in [0.15, 0.2) is 41.2 Å². The van der Waals surface area contributed by atoms with E-state index in [9.17, 15) is 13.2 Å². The molecule has 3 aromatic heterocycles. The molecule has 0 unspecified atom stereocenters. The van der Waals surface area contributed by atoms with Gasteiger partial charge in [0.2, 0.25) is 15.9 Å². The molecule has 4 rings (SSSR count). The summed E-state index contributed by atoms with van der Waals surface area (Å²) < 4.78 is 41.6. The zero-order valence-electron chi connectivity index (χ0n) is 18.6. The maximum atomic E-state index is 12.5. The minimum atomic E-state index is -4.02. The molecular formula is C21H22N6O6S. The number of fused-ring (bicyclic) bond motifs is 1. The van der Waals surface area contributed by atoms with Crippen molar-refractivity contribution in [2.45, 2.75) is 12.7 Å². The predicted octanol–water partition coefficient (Wildman–Crippen LogP) is 1.38. The maximum absolute atomic E-state index is 12.5. The lowest BCUT2D eigenvalue weighted by atomic mass is 10.2. The highest BCUT2D eigenvalue weighted by Crippen LogP contribution is 2.37. The Labute approximate surface area is 194 Å². The van der Waals surface area contributed by atoms with Gasteiger partial charge in [-0.05, 0) is 25.1 Å². The lowest BCUT2D eigenvalue weighted by molar-refractivity contribution is 0.327. The van der Waals surface area contributed by atoms with Gasteiger partial charge in [0, 0.05) is 6.07 Å². The zero-order chi connectivity index (χ0) is 24.5. The van der Waals surface area contributed by atoms with Crippen LogP contribution >= 0.6 is 0 Å². The fourth-order valence-electron chi connectivity index (χ4n) is 3.45. The summed E-state index contributed by atoms with van der Waals surface area (Å²) in [6.07, 6.45) is 0. The number of aromatic nitrogens is 5. The smallest absolute Gasteiger partial charge is 0.272 e. The van der Waals surface area contributed by atoms with E-state index in [0.29, 0.717) is 35.4 Å². The fraction of sp³-hybridized carbons (Fsp3) is 0.238. The van der Waals surface area contributed by atoms with Crippen LogP contribution in [0.3, 0.4) is 0 Å². The minimum Gasteiger partial charge on any atom is -0.494 e. The number of rotatable bonds is 8. The Balaban J connectivity index is 2.11. The van der Waals surface area contributed by atoms with Crippen LogP contribution in [0.25, 0.3) is 28.5 Å². The third kappa shape index (κ3) is 4.43. The van der Waals surface area contributed by atoms with Crippen molar-refractivity contribution in [2.75, 3.05) is 20.8 Å². The molecule has 3 heterocycles. The molecule has 0 radical (unpaired) electrons. The summed E-state index contributed by atoms with van der Waals surface area (Å²) in [5.41, 5.74) is 0.0863. The largest absolute Gasteiger partial charge is 0.494 e. The monoisotopic (exact) mass is 486 g/mol. The van der Waals surface area contributed by atoms with Gasteiger partial charge in [0.1, 0.15) is 34.3 Å². The van der Waals surface area contributed by atoms with Gasteiger partial charge in [-0.2, -0.15) is 0 Å². The molecule has 0 saturated carbocycles. The SMILES string of the molecule is CCOc1cccc(-c2nc3[nH]c(=O)c(CS(N)(=O)=O)nc3n2-c2c(OC)cccc2OC)n1. The summed E-state index contributed by atoms with van der Waals surface area (Å²) in [5.74, 6) is 0.751. The first kappa shape index (κ1) is 23.2. The van der Waals surface area contributed by atoms with Gasteiger partial charge >= 0.3 is 0 Å².